The molecule has 1 aliphatic heterocycles. The van der Waals surface area contributed by atoms with Gasteiger partial charge in [-0.05, 0) is 59.0 Å². The topological polar surface area (TPSA) is 123 Å². The van der Waals surface area contributed by atoms with Crippen molar-refractivity contribution in [2.45, 2.75) is 0 Å². The van der Waals surface area contributed by atoms with Crippen LogP contribution in [0.3, 0.4) is 0 Å². The molecule has 1 saturated heterocycles. The lowest BCUT2D eigenvalue weighted by molar-refractivity contribution is 0.0733. The van der Waals surface area contributed by atoms with Crippen molar-refractivity contribution in [2.75, 3.05) is 36.3 Å². The van der Waals surface area contributed by atoms with Crippen LogP contribution in [0.4, 0.5) is 25.8 Å². The summed E-state index contributed by atoms with van der Waals surface area (Å²) in [6.07, 6.45) is 0. The number of halogens is 3. The van der Waals surface area contributed by atoms with Gasteiger partial charge in [0.15, 0.2) is 0 Å². The second-order valence-electron chi connectivity index (χ2n) is 7.69. The quantitative estimate of drug-likeness (QED) is 0.321. The highest BCUT2D eigenvalue weighted by atomic mass is 127. The van der Waals surface area contributed by atoms with Crippen LogP contribution in [0.15, 0.2) is 54.6 Å². The van der Waals surface area contributed by atoms with Crippen LogP contribution in [-0.4, -0.2) is 44.9 Å². The van der Waals surface area contributed by atoms with E-state index in [2.05, 4.69) is 10.0 Å². The van der Waals surface area contributed by atoms with Crippen molar-refractivity contribution in [3.63, 3.8) is 0 Å². The molecular weight excluding hydrogens is 609 g/mol. The van der Waals surface area contributed by atoms with Crippen LogP contribution in [0.25, 0.3) is 0 Å². The fourth-order valence-electron chi connectivity index (χ4n) is 3.50. The van der Waals surface area contributed by atoms with Gasteiger partial charge in [0.2, 0.25) is 0 Å². The number of rotatable bonds is 8. The van der Waals surface area contributed by atoms with E-state index in [0.717, 1.165) is 12.1 Å². The Kier molecular flexibility index (Phi) is 7.92. The number of benzene rings is 3. The summed E-state index contributed by atoms with van der Waals surface area (Å²) in [5, 5.41) is 2.69. The maximum absolute atomic E-state index is 14.5. The van der Waals surface area contributed by atoms with E-state index in [1.54, 1.807) is 6.07 Å². The van der Waals surface area contributed by atoms with Gasteiger partial charge >= 0.3 is 10.2 Å². The Morgan fingerprint density at radius 3 is 2.50 bits per heavy atom. The summed E-state index contributed by atoms with van der Waals surface area (Å²) in [7, 11) is -3.84. The van der Waals surface area contributed by atoms with E-state index in [-0.39, 0.29) is 47.2 Å². The lowest BCUT2D eigenvalue weighted by Crippen LogP contribution is -2.43. The number of primary amides is 1. The van der Waals surface area contributed by atoms with Gasteiger partial charge < -0.3 is 20.5 Å². The predicted molar refractivity (Wildman–Crippen MR) is 139 cm³/mol. The van der Waals surface area contributed by atoms with Crippen molar-refractivity contribution in [3.8, 4) is 11.5 Å². The fraction of sp³-hybridized carbons (Fsp3) is 0.174. The van der Waals surface area contributed by atoms with Gasteiger partial charge in [0, 0.05) is 28.8 Å². The zero-order chi connectivity index (χ0) is 25.9. The number of nitrogens with zero attached hydrogens (tertiary/aromatic N) is 1. The highest BCUT2D eigenvalue weighted by Gasteiger charge is 2.24. The molecule has 1 heterocycles. The van der Waals surface area contributed by atoms with Crippen molar-refractivity contribution < 1.29 is 31.5 Å². The average molecular weight is 630 g/mol. The molecule has 0 bridgehead atoms. The first-order valence-electron chi connectivity index (χ1n) is 10.6. The molecule has 0 radical (unpaired) electrons. The van der Waals surface area contributed by atoms with Crippen LogP contribution in [0, 0.1) is 15.2 Å². The first kappa shape index (κ1) is 26.1. The molecule has 1 fully saturated rings. The molecule has 4 N–H and O–H groups in total. The fourth-order valence-corrected chi connectivity index (χ4v) is 5.14. The van der Waals surface area contributed by atoms with Crippen LogP contribution < -0.4 is 20.5 Å². The van der Waals surface area contributed by atoms with Crippen LogP contribution >= 0.6 is 22.6 Å². The van der Waals surface area contributed by atoms with Gasteiger partial charge in [0.1, 0.15) is 28.7 Å². The van der Waals surface area contributed by atoms with Gasteiger partial charge in [0.25, 0.3) is 5.91 Å². The normalized spacial score (nSPS) is 14.3. The molecule has 13 heteroatoms. The summed E-state index contributed by atoms with van der Waals surface area (Å²) < 4.78 is 69.4. The Labute approximate surface area is 219 Å². The number of nitrogens with two attached hydrogens (primary N) is 1. The summed E-state index contributed by atoms with van der Waals surface area (Å²) in [5.41, 5.74) is 5.44. The number of anilines is 3. The van der Waals surface area contributed by atoms with E-state index >= 15 is 0 Å². The monoisotopic (exact) mass is 630 g/mol. The molecule has 1 aliphatic rings. The summed E-state index contributed by atoms with van der Waals surface area (Å²) in [5.74, 6) is -2.44. The standard InChI is InChI=1S/C23H21F2IN4O5S/c24-14-10-20(28-19-5-4-15(26)12-18(19)25)22(23(27)31)21(11-14)35-17-3-1-2-16(13-17)29-36(32,33)30-6-8-34-9-7-30/h1-5,10-13,28-29H,6-9H2,(H2,27,31). The van der Waals surface area contributed by atoms with Crippen molar-refractivity contribution in [2.24, 2.45) is 5.73 Å². The molecule has 3 aromatic rings. The van der Waals surface area contributed by atoms with Gasteiger partial charge in [-0.25, -0.2) is 8.78 Å². The molecule has 9 nitrogen and oxygen atoms in total. The molecule has 0 spiro atoms. The summed E-state index contributed by atoms with van der Waals surface area (Å²) in [6, 6.07) is 12.2. The SMILES string of the molecule is NC(=O)c1c(Nc2ccc(I)cc2F)cc(F)cc1Oc1cccc(NS(=O)(=O)N2CCOCC2)c1. The molecule has 190 valence electrons. The number of hydrogen-bond donors (Lipinski definition) is 3. The molecule has 0 aromatic heterocycles. The maximum atomic E-state index is 14.5. The van der Waals surface area contributed by atoms with Crippen molar-refractivity contribution >= 4 is 55.8 Å². The number of nitrogens with one attached hydrogen (secondary N) is 2. The molecule has 0 aliphatic carbocycles. The average Bonchev–Trinajstić information content (AvgIpc) is 2.81. The smallest absolute Gasteiger partial charge is 0.301 e. The van der Waals surface area contributed by atoms with E-state index < -0.39 is 27.8 Å². The number of amides is 1. The van der Waals surface area contributed by atoms with Crippen molar-refractivity contribution in [1.82, 2.24) is 4.31 Å². The number of morpholine rings is 1. The van der Waals surface area contributed by atoms with Crippen LogP contribution in [0.5, 0.6) is 11.5 Å². The van der Waals surface area contributed by atoms with Gasteiger partial charge in [-0.2, -0.15) is 12.7 Å². The summed E-state index contributed by atoms with van der Waals surface area (Å²) >= 11 is 1.94. The van der Waals surface area contributed by atoms with Gasteiger partial charge in [-0.3, -0.25) is 9.52 Å². The maximum Gasteiger partial charge on any atom is 0.301 e. The van der Waals surface area contributed by atoms with E-state index in [1.807, 2.05) is 22.6 Å². The predicted octanol–water partition coefficient (Wildman–Crippen LogP) is 4.19. The zero-order valence-corrected chi connectivity index (χ0v) is 21.6. The Hall–Kier alpha value is -3.01. The summed E-state index contributed by atoms with van der Waals surface area (Å²) in [4.78, 5) is 12.3. The molecule has 0 atom stereocenters. The second-order valence-corrected chi connectivity index (χ2v) is 10.6. The minimum absolute atomic E-state index is 0.00832. The third-order valence-electron chi connectivity index (χ3n) is 5.13. The number of hydrogen-bond acceptors (Lipinski definition) is 6. The van der Waals surface area contributed by atoms with Gasteiger partial charge in [0.05, 0.1) is 30.3 Å². The molecule has 1 amide bonds. The molecule has 4 rings (SSSR count). The van der Waals surface area contributed by atoms with Gasteiger partial charge in [-0.15, -0.1) is 0 Å². The molecule has 0 unspecified atom stereocenters. The largest absolute Gasteiger partial charge is 0.456 e. The Bertz CT molecular complexity index is 1400. The molecule has 0 saturated carbocycles. The van der Waals surface area contributed by atoms with Crippen molar-refractivity contribution in [3.05, 3.63) is 75.4 Å². The second kappa shape index (κ2) is 10.9. The first-order valence-corrected chi connectivity index (χ1v) is 13.1. The highest BCUT2D eigenvalue weighted by molar-refractivity contribution is 14.1. The van der Waals surface area contributed by atoms with E-state index in [4.69, 9.17) is 15.2 Å². The highest BCUT2D eigenvalue weighted by Crippen LogP contribution is 2.35. The van der Waals surface area contributed by atoms with E-state index in [1.165, 1.54) is 40.7 Å². The molecule has 36 heavy (non-hydrogen) atoms. The van der Waals surface area contributed by atoms with Crippen molar-refractivity contribution in [1.29, 1.82) is 0 Å². The lowest BCUT2D eigenvalue weighted by atomic mass is 10.1. The van der Waals surface area contributed by atoms with Crippen LogP contribution in [0.2, 0.25) is 0 Å². The Morgan fingerprint density at radius 2 is 1.81 bits per heavy atom. The summed E-state index contributed by atoms with van der Waals surface area (Å²) in [6.45, 7) is 1.02. The first-order chi connectivity index (χ1) is 17.1. The third kappa shape index (κ3) is 6.21. The van der Waals surface area contributed by atoms with E-state index in [9.17, 15) is 22.0 Å². The Balaban J connectivity index is 1.62. The zero-order valence-electron chi connectivity index (χ0n) is 18.6. The molecule has 3 aromatic carbocycles. The molecular formula is C23H21F2IN4O5S. The lowest BCUT2D eigenvalue weighted by Gasteiger charge is -2.26. The Morgan fingerprint density at radius 1 is 1.06 bits per heavy atom. The third-order valence-corrected chi connectivity index (χ3v) is 7.34. The number of carbonyl (C=O) groups is 1. The number of carbonyl (C=O) groups excluding carboxylic acids is 1. The minimum Gasteiger partial charge on any atom is -0.456 e. The van der Waals surface area contributed by atoms with Gasteiger partial charge in [-0.1, -0.05) is 6.07 Å². The van der Waals surface area contributed by atoms with E-state index in [0.29, 0.717) is 16.8 Å². The van der Waals surface area contributed by atoms with Crippen LogP contribution in [0.1, 0.15) is 10.4 Å². The minimum atomic E-state index is -3.84. The number of ether oxygens (including phenoxy) is 2. The van der Waals surface area contributed by atoms with Crippen LogP contribution in [-0.2, 0) is 14.9 Å².